The number of benzene rings is 2. The van der Waals surface area contributed by atoms with Gasteiger partial charge in [0.15, 0.2) is 0 Å². The molecule has 2 aromatic rings. The molecule has 4 heteroatoms. The van der Waals surface area contributed by atoms with E-state index in [1.165, 1.54) is 11.1 Å². The number of methoxy groups -OCH3 is 1. The van der Waals surface area contributed by atoms with Crippen LogP contribution in [0.5, 0.6) is 0 Å². The zero-order chi connectivity index (χ0) is 18.4. The lowest BCUT2D eigenvalue weighted by atomic mass is 9.84. The maximum atomic E-state index is 6.57. The maximum Gasteiger partial charge on any atom is 0.109 e. The molecule has 1 saturated heterocycles. The molecule has 1 aliphatic heterocycles. The summed E-state index contributed by atoms with van der Waals surface area (Å²) in [6.45, 7) is 4.71. The highest BCUT2D eigenvalue weighted by atomic mass is 35.5. The Kier molecular flexibility index (Phi) is 6.71. The lowest BCUT2D eigenvalue weighted by molar-refractivity contribution is -0.129. The zero-order valence-corrected chi connectivity index (χ0v) is 16.4. The molecule has 1 aliphatic rings. The zero-order valence-electron chi connectivity index (χ0n) is 15.7. The highest BCUT2D eigenvalue weighted by Gasteiger charge is 2.38. The first-order chi connectivity index (χ1) is 12.7. The summed E-state index contributed by atoms with van der Waals surface area (Å²) in [5.74, 6) is 0. The molecular weight excluding hydrogens is 346 g/mol. The van der Waals surface area contributed by atoms with Crippen LogP contribution in [0.15, 0.2) is 54.6 Å². The molecule has 0 N–H and O–H groups in total. The van der Waals surface area contributed by atoms with Gasteiger partial charge in [0.1, 0.15) is 6.23 Å². The molecule has 0 saturated carbocycles. The van der Waals surface area contributed by atoms with E-state index in [-0.39, 0.29) is 11.8 Å². The van der Waals surface area contributed by atoms with Gasteiger partial charge in [0.05, 0.1) is 12.2 Å². The van der Waals surface area contributed by atoms with Gasteiger partial charge in [-0.1, -0.05) is 61.0 Å². The van der Waals surface area contributed by atoms with E-state index in [1.54, 1.807) is 7.11 Å². The average Bonchev–Trinajstić information content (AvgIpc) is 2.70. The highest BCUT2D eigenvalue weighted by molar-refractivity contribution is 6.30. The van der Waals surface area contributed by atoms with E-state index in [1.807, 2.05) is 18.2 Å². The number of halogens is 1. The van der Waals surface area contributed by atoms with Crippen LogP contribution in [0.25, 0.3) is 0 Å². The lowest BCUT2D eigenvalue weighted by Crippen LogP contribution is -2.48. The van der Waals surface area contributed by atoms with Crippen molar-refractivity contribution in [3.63, 3.8) is 0 Å². The van der Waals surface area contributed by atoms with Crippen molar-refractivity contribution in [1.29, 1.82) is 0 Å². The third-order valence-corrected chi connectivity index (χ3v) is 5.61. The van der Waals surface area contributed by atoms with Crippen LogP contribution < -0.4 is 0 Å². The van der Waals surface area contributed by atoms with Gasteiger partial charge < -0.3 is 9.47 Å². The molecule has 3 nitrogen and oxygen atoms in total. The molecule has 1 atom stereocenters. The van der Waals surface area contributed by atoms with Crippen LogP contribution in [0, 0.1) is 0 Å². The fraction of sp³-hybridized carbons (Fsp3) is 0.455. The summed E-state index contributed by atoms with van der Waals surface area (Å²) in [5.41, 5.74) is 2.14. The van der Waals surface area contributed by atoms with Crippen molar-refractivity contribution in [3.05, 3.63) is 70.7 Å². The van der Waals surface area contributed by atoms with E-state index in [9.17, 15) is 0 Å². The minimum Gasteiger partial charge on any atom is -0.366 e. The highest BCUT2D eigenvalue weighted by Crippen LogP contribution is 2.38. The van der Waals surface area contributed by atoms with Gasteiger partial charge in [0.25, 0.3) is 0 Å². The van der Waals surface area contributed by atoms with Gasteiger partial charge in [0.2, 0.25) is 0 Å². The molecular formula is C22H28ClNO2. The van der Waals surface area contributed by atoms with Crippen molar-refractivity contribution < 1.29 is 9.47 Å². The Morgan fingerprint density at radius 2 is 1.69 bits per heavy atom. The molecule has 0 amide bonds. The summed E-state index contributed by atoms with van der Waals surface area (Å²) in [6, 6.07) is 18.5. The molecule has 1 heterocycles. The Hall–Kier alpha value is -1.39. The molecule has 1 unspecified atom stereocenters. The number of piperidine rings is 1. The quantitative estimate of drug-likeness (QED) is 0.663. The molecule has 0 spiro atoms. The standard InChI is InChI=1S/C22H28ClNO2/c1-3-21(25-2)24-15-13-22(14-16-24,19-9-11-20(23)12-10-19)26-17-18-7-5-4-6-8-18/h4-12,21H,3,13-17H2,1-2H3. The molecule has 0 aromatic heterocycles. The summed E-state index contributed by atoms with van der Waals surface area (Å²) in [5, 5.41) is 0.759. The molecule has 0 radical (unpaired) electrons. The molecule has 26 heavy (non-hydrogen) atoms. The van der Waals surface area contributed by atoms with Crippen molar-refractivity contribution in [2.24, 2.45) is 0 Å². The number of nitrogens with zero attached hydrogens (tertiary/aromatic N) is 1. The molecule has 0 bridgehead atoms. The van der Waals surface area contributed by atoms with E-state index in [4.69, 9.17) is 21.1 Å². The van der Waals surface area contributed by atoms with Gasteiger partial charge in [0, 0.05) is 25.2 Å². The SMILES string of the molecule is CCC(OC)N1CCC(OCc2ccccc2)(c2ccc(Cl)cc2)CC1. The van der Waals surface area contributed by atoms with Crippen LogP contribution in [-0.2, 0) is 21.7 Å². The number of likely N-dealkylation sites (tertiary alicyclic amines) is 1. The first-order valence-electron chi connectivity index (χ1n) is 9.37. The second-order valence-corrected chi connectivity index (χ2v) is 7.35. The number of hydrogen-bond acceptors (Lipinski definition) is 3. The summed E-state index contributed by atoms with van der Waals surface area (Å²) in [6.07, 6.45) is 3.07. The van der Waals surface area contributed by atoms with Gasteiger partial charge in [-0.15, -0.1) is 0 Å². The largest absolute Gasteiger partial charge is 0.366 e. The first kappa shape index (κ1) is 19.4. The van der Waals surface area contributed by atoms with Crippen LogP contribution in [0.3, 0.4) is 0 Å². The summed E-state index contributed by atoms with van der Waals surface area (Å²) in [4.78, 5) is 2.42. The predicted molar refractivity (Wildman–Crippen MR) is 106 cm³/mol. The molecule has 2 aromatic carbocycles. The fourth-order valence-corrected chi connectivity index (χ4v) is 3.94. The molecule has 1 fully saturated rings. The normalized spacial score (nSPS) is 18.6. The monoisotopic (exact) mass is 373 g/mol. The molecule has 0 aliphatic carbocycles. The Bertz CT molecular complexity index is 662. The number of rotatable bonds is 7. The minimum absolute atomic E-state index is 0.187. The second-order valence-electron chi connectivity index (χ2n) is 6.91. The maximum absolute atomic E-state index is 6.57. The van der Waals surface area contributed by atoms with Crippen LogP contribution in [0.2, 0.25) is 5.02 Å². The first-order valence-corrected chi connectivity index (χ1v) is 9.75. The Balaban J connectivity index is 1.78. The topological polar surface area (TPSA) is 21.7 Å². The number of hydrogen-bond donors (Lipinski definition) is 0. The fourth-order valence-electron chi connectivity index (χ4n) is 3.81. The van der Waals surface area contributed by atoms with E-state index in [0.717, 1.165) is 37.4 Å². The Morgan fingerprint density at radius 3 is 2.27 bits per heavy atom. The third-order valence-electron chi connectivity index (χ3n) is 5.36. The van der Waals surface area contributed by atoms with Crippen LogP contribution >= 0.6 is 11.6 Å². The molecule has 140 valence electrons. The molecule has 3 rings (SSSR count). The summed E-state index contributed by atoms with van der Waals surface area (Å²) < 4.78 is 12.2. The van der Waals surface area contributed by atoms with Gasteiger partial charge >= 0.3 is 0 Å². The van der Waals surface area contributed by atoms with Crippen molar-refractivity contribution in [2.45, 2.75) is 44.6 Å². The Morgan fingerprint density at radius 1 is 1.04 bits per heavy atom. The van der Waals surface area contributed by atoms with E-state index in [0.29, 0.717) is 6.61 Å². The lowest BCUT2D eigenvalue weighted by Gasteiger charge is -2.44. The van der Waals surface area contributed by atoms with E-state index >= 15 is 0 Å². The van der Waals surface area contributed by atoms with Gasteiger partial charge in [-0.25, -0.2) is 0 Å². The van der Waals surface area contributed by atoms with Gasteiger partial charge in [-0.2, -0.15) is 0 Å². The van der Waals surface area contributed by atoms with E-state index < -0.39 is 0 Å². The van der Waals surface area contributed by atoms with Gasteiger partial charge in [-0.05, 0) is 42.5 Å². The van der Waals surface area contributed by atoms with Crippen LogP contribution in [-0.4, -0.2) is 31.3 Å². The predicted octanol–water partition coefficient (Wildman–Crippen LogP) is 5.23. The van der Waals surface area contributed by atoms with Crippen molar-refractivity contribution in [3.8, 4) is 0 Å². The minimum atomic E-state index is -0.275. The smallest absolute Gasteiger partial charge is 0.109 e. The van der Waals surface area contributed by atoms with Gasteiger partial charge in [-0.3, -0.25) is 4.90 Å². The van der Waals surface area contributed by atoms with E-state index in [2.05, 4.69) is 48.2 Å². The van der Waals surface area contributed by atoms with Crippen LogP contribution in [0.1, 0.15) is 37.3 Å². The van der Waals surface area contributed by atoms with Crippen molar-refractivity contribution in [2.75, 3.05) is 20.2 Å². The summed E-state index contributed by atoms with van der Waals surface area (Å²) in [7, 11) is 1.79. The second kappa shape index (κ2) is 9.01. The average molecular weight is 374 g/mol. The third kappa shape index (κ3) is 4.47. The van der Waals surface area contributed by atoms with Crippen molar-refractivity contribution in [1.82, 2.24) is 4.90 Å². The van der Waals surface area contributed by atoms with Crippen molar-refractivity contribution >= 4 is 11.6 Å². The van der Waals surface area contributed by atoms with Crippen LogP contribution in [0.4, 0.5) is 0 Å². The number of ether oxygens (including phenoxy) is 2. The summed E-state index contributed by atoms with van der Waals surface area (Å²) >= 11 is 6.11. The Labute approximate surface area is 161 Å².